The number of aliphatic hydroxyl groups is 1. The lowest BCUT2D eigenvalue weighted by atomic mass is 10.3. The Hall–Kier alpha value is -2.39. The van der Waals surface area contributed by atoms with Crippen LogP contribution in [0.15, 0.2) is 42.6 Å². The molecule has 0 unspecified atom stereocenters. The Kier molecular flexibility index (Phi) is 5.40. The van der Waals surface area contributed by atoms with Gasteiger partial charge >= 0.3 is 0 Å². The minimum absolute atomic E-state index is 0.0621. The number of hydrazine groups is 1. The van der Waals surface area contributed by atoms with Crippen LogP contribution in [0.2, 0.25) is 0 Å². The second kappa shape index (κ2) is 8.10. The van der Waals surface area contributed by atoms with E-state index in [2.05, 4.69) is 20.0 Å². The molecule has 0 amide bonds. The van der Waals surface area contributed by atoms with Crippen molar-refractivity contribution in [1.82, 2.24) is 20.0 Å². The van der Waals surface area contributed by atoms with Crippen LogP contribution in [-0.2, 0) is 11.3 Å². The molecule has 1 N–H and O–H groups in total. The van der Waals surface area contributed by atoms with Crippen molar-refractivity contribution in [2.75, 3.05) is 31.3 Å². The molecule has 3 aromatic rings. The van der Waals surface area contributed by atoms with Crippen LogP contribution in [0.25, 0.3) is 10.6 Å². The lowest BCUT2D eigenvalue weighted by Crippen LogP contribution is -2.47. The van der Waals surface area contributed by atoms with Gasteiger partial charge in [0.1, 0.15) is 5.01 Å². The van der Waals surface area contributed by atoms with Crippen molar-refractivity contribution >= 4 is 23.0 Å². The van der Waals surface area contributed by atoms with Crippen LogP contribution in [0, 0.1) is 6.92 Å². The highest BCUT2D eigenvalue weighted by atomic mass is 32.1. The minimum atomic E-state index is -0.0621. The molecule has 0 atom stereocenters. The number of benzene rings is 1. The zero-order valence-electron chi connectivity index (χ0n) is 15.1. The van der Waals surface area contributed by atoms with Crippen molar-refractivity contribution in [3.8, 4) is 10.6 Å². The van der Waals surface area contributed by atoms with Gasteiger partial charge < -0.3 is 9.84 Å². The lowest BCUT2D eigenvalue weighted by Gasteiger charge is -2.37. The second-order valence-electron chi connectivity index (χ2n) is 6.14. The molecule has 0 radical (unpaired) electrons. The fourth-order valence-electron chi connectivity index (χ4n) is 3.06. The molecule has 140 valence electrons. The summed E-state index contributed by atoms with van der Waals surface area (Å²) in [6.07, 6.45) is 1.77. The molecule has 7 nitrogen and oxygen atoms in total. The van der Waals surface area contributed by atoms with Gasteiger partial charge in [0, 0.05) is 19.3 Å². The Bertz CT molecular complexity index is 896. The van der Waals surface area contributed by atoms with E-state index in [0.717, 1.165) is 35.0 Å². The molecule has 0 saturated carbocycles. The molecule has 1 aliphatic rings. The van der Waals surface area contributed by atoms with E-state index in [4.69, 9.17) is 9.72 Å². The third-order valence-electron chi connectivity index (χ3n) is 4.31. The summed E-state index contributed by atoms with van der Waals surface area (Å²) in [4.78, 5) is 14.7. The molecule has 8 heteroatoms. The van der Waals surface area contributed by atoms with Crippen molar-refractivity contribution in [3.05, 3.63) is 53.3 Å². The van der Waals surface area contributed by atoms with Gasteiger partial charge in [0.05, 0.1) is 41.8 Å². The van der Waals surface area contributed by atoms with E-state index < -0.39 is 0 Å². The van der Waals surface area contributed by atoms with Gasteiger partial charge in [0.2, 0.25) is 5.95 Å². The first-order valence-corrected chi connectivity index (χ1v) is 9.66. The van der Waals surface area contributed by atoms with E-state index in [1.165, 1.54) is 11.3 Å². The van der Waals surface area contributed by atoms with Gasteiger partial charge in [-0.1, -0.05) is 18.2 Å². The van der Waals surface area contributed by atoms with E-state index >= 15 is 0 Å². The Morgan fingerprint density at radius 3 is 2.63 bits per heavy atom. The molecule has 1 fully saturated rings. The molecule has 0 bridgehead atoms. The maximum absolute atomic E-state index is 9.37. The van der Waals surface area contributed by atoms with Gasteiger partial charge in [-0.3, -0.25) is 0 Å². The quantitative estimate of drug-likeness (QED) is 0.726. The predicted molar refractivity (Wildman–Crippen MR) is 105 cm³/mol. The van der Waals surface area contributed by atoms with Crippen LogP contribution in [0.3, 0.4) is 0 Å². The van der Waals surface area contributed by atoms with Crippen LogP contribution in [0.4, 0.5) is 11.6 Å². The lowest BCUT2D eigenvalue weighted by molar-refractivity contribution is 0.0371. The van der Waals surface area contributed by atoms with Crippen LogP contribution in [0.5, 0.6) is 0 Å². The largest absolute Gasteiger partial charge is 0.389 e. The number of anilines is 2. The summed E-state index contributed by atoms with van der Waals surface area (Å²) in [5, 5.41) is 14.3. The zero-order valence-corrected chi connectivity index (χ0v) is 15.9. The average molecular weight is 383 g/mol. The second-order valence-corrected chi connectivity index (χ2v) is 7.22. The predicted octanol–water partition coefficient (Wildman–Crippen LogP) is 2.79. The van der Waals surface area contributed by atoms with E-state index in [1.807, 2.05) is 43.3 Å². The number of morpholine rings is 1. The molecular weight excluding hydrogens is 362 g/mol. The molecule has 1 aliphatic heterocycles. The molecule has 1 saturated heterocycles. The normalized spacial score (nSPS) is 15.0. The number of aromatic nitrogens is 3. The van der Waals surface area contributed by atoms with Crippen LogP contribution in [-0.4, -0.2) is 51.4 Å². The molecule has 27 heavy (non-hydrogen) atoms. The van der Waals surface area contributed by atoms with E-state index in [0.29, 0.717) is 24.2 Å². The highest BCUT2D eigenvalue weighted by molar-refractivity contribution is 7.15. The Balaban J connectivity index is 1.75. The van der Waals surface area contributed by atoms with Gasteiger partial charge in [-0.2, -0.15) is 0 Å². The first-order valence-electron chi connectivity index (χ1n) is 8.84. The van der Waals surface area contributed by atoms with Crippen molar-refractivity contribution in [2.45, 2.75) is 13.5 Å². The maximum Gasteiger partial charge on any atom is 0.245 e. The number of para-hydroxylation sites is 1. The number of thiazole rings is 1. The fourth-order valence-corrected chi connectivity index (χ4v) is 3.96. The molecule has 2 aromatic heterocycles. The van der Waals surface area contributed by atoms with E-state index in [-0.39, 0.29) is 6.61 Å². The fraction of sp³-hybridized carbons (Fsp3) is 0.316. The Morgan fingerprint density at radius 2 is 1.93 bits per heavy atom. The Morgan fingerprint density at radius 1 is 1.15 bits per heavy atom. The number of hydrogen-bond donors (Lipinski definition) is 1. The first-order chi connectivity index (χ1) is 13.3. The smallest absolute Gasteiger partial charge is 0.245 e. The number of aliphatic hydroxyl groups excluding tert-OH is 1. The van der Waals surface area contributed by atoms with Gasteiger partial charge in [0.15, 0.2) is 0 Å². The molecular formula is C19H21N5O2S. The SMILES string of the molecule is Cc1nc(CO)sc1-c1ccnc(N(c2ccccc2)N2CCOCC2)n1. The summed E-state index contributed by atoms with van der Waals surface area (Å²) >= 11 is 1.46. The van der Waals surface area contributed by atoms with Crippen molar-refractivity contribution < 1.29 is 9.84 Å². The number of nitrogens with zero attached hydrogens (tertiary/aromatic N) is 5. The average Bonchev–Trinajstić information content (AvgIpc) is 3.11. The summed E-state index contributed by atoms with van der Waals surface area (Å²) < 4.78 is 5.51. The molecule has 0 spiro atoms. The summed E-state index contributed by atoms with van der Waals surface area (Å²) in [6, 6.07) is 12.0. The molecule has 4 rings (SSSR count). The number of aryl methyl sites for hydroxylation is 1. The van der Waals surface area contributed by atoms with Gasteiger partial charge in [-0.25, -0.2) is 25.0 Å². The van der Waals surface area contributed by atoms with Crippen molar-refractivity contribution in [1.29, 1.82) is 0 Å². The zero-order chi connectivity index (χ0) is 18.6. The standard InChI is InChI=1S/C19H21N5O2S/c1-14-18(27-17(13-25)21-14)16-7-8-20-19(22-16)24(15-5-3-2-4-6-15)23-9-11-26-12-10-23/h2-8,25H,9-13H2,1H3. The highest BCUT2D eigenvalue weighted by Gasteiger charge is 2.23. The third-order valence-corrected chi connectivity index (χ3v) is 5.48. The van der Waals surface area contributed by atoms with Crippen LogP contribution < -0.4 is 5.01 Å². The highest BCUT2D eigenvalue weighted by Crippen LogP contribution is 2.31. The summed E-state index contributed by atoms with van der Waals surface area (Å²) in [5.41, 5.74) is 2.68. The van der Waals surface area contributed by atoms with Gasteiger partial charge in [-0.05, 0) is 25.1 Å². The minimum Gasteiger partial charge on any atom is -0.389 e. The summed E-state index contributed by atoms with van der Waals surface area (Å²) in [6.45, 7) is 4.78. The van der Waals surface area contributed by atoms with Crippen LogP contribution >= 0.6 is 11.3 Å². The Labute approximate surface area is 161 Å². The summed E-state index contributed by atoms with van der Waals surface area (Å²) in [5.74, 6) is 0.610. The third kappa shape index (κ3) is 3.84. The van der Waals surface area contributed by atoms with Crippen molar-refractivity contribution in [3.63, 3.8) is 0 Å². The van der Waals surface area contributed by atoms with E-state index in [1.54, 1.807) is 6.20 Å². The molecule has 1 aromatic carbocycles. The first kappa shape index (κ1) is 18.0. The number of ether oxygens (including phenoxy) is 1. The number of rotatable bonds is 5. The van der Waals surface area contributed by atoms with Gasteiger partial charge in [-0.15, -0.1) is 11.3 Å². The molecule has 3 heterocycles. The summed E-state index contributed by atoms with van der Waals surface area (Å²) in [7, 11) is 0. The van der Waals surface area contributed by atoms with Crippen molar-refractivity contribution in [2.24, 2.45) is 0 Å². The van der Waals surface area contributed by atoms with E-state index in [9.17, 15) is 5.11 Å². The van der Waals surface area contributed by atoms with Crippen LogP contribution in [0.1, 0.15) is 10.7 Å². The monoisotopic (exact) mass is 383 g/mol. The van der Waals surface area contributed by atoms with Gasteiger partial charge in [0.25, 0.3) is 0 Å². The molecule has 0 aliphatic carbocycles. The number of hydrogen-bond acceptors (Lipinski definition) is 8. The maximum atomic E-state index is 9.37. The topological polar surface area (TPSA) is 74.6 Å².